The smallest absolute Gasteiger partial charge is 0.160 e. The van der Waals surface area contributed by atoms with Crippen molar-refractivity contribution >= 4 is 38.9 Å². The van der Waals surface area contributed by atoms with Gasteiger partial charge in [0.1, 0.15) is 0 Å². The first-order valence-corrected chi connectivity index (χ1v) is 23.7. The molecular formula is C65H42N4. The van der Waals surface area contributed by atoms with E-state index in [0.717, 1.165) is 62.0 Å². The van der Waals surface area contributed by atoms with E-state index in [1.165, 1.54) is 55.2 Å². The van der Waals surface area contributed by atoms with Crippen LogP contribution in [0.3, 0.4) is 0 Å². The predicted molar refractivity (Wildman–Crippen MR) is 284 cm³/mol. The number of nitrogens with zero attached hydrogens (tertiary/aromatic N) is 4. The van der Waals surface area contributed by atoms with Gasteiger partial charge in [-0.15, -0.1) is 0 Å². The van der Waals surface area contributed by atoms with Crippen LogP contribution in [0, 0.1) is 0 Å². The molecule has 2 aliphatic rings. The van der Waals surface area contributed by atoms with E-state index in [4.69, 9.17) is 9.97 Å². The van der Waals surface area contributed by atoms with Crippen LogP contribution >= 0.6 is 0 Å². The maximum Gasteiger partial charge on any atom is 0.160 e. The van der Waals surface area contributed by atoms with Crippen LogP contribution in [0.5, 0.6) is 0 Å². The van der Waals surface area contributed by atoms with Gasteiger partial charge in [-0.05, 0) is 105 Å². The zero-order chi connectivity index (χ0) is 45.5. The molecule has 4 nitrogen and oxygen atoms in total. The van der Waals surface area contributed by atoms with Gasteiger partial charge in [0, 0.05) is 38.8 Å². The molecule has 0 radical (unpaired) electrons. The number of benzene rings is 10. The number of fused-ring (bicyclic) bond motifs is 12. The quantitative estimate of drug-likeness (QED) is 0.167. The third-order valence-electron chi connectivity index (χ3n) is 14.4. The van der Waals surface area contributed by atoms with E-state index in [-0.39, 0.29) is 0 Å². The normalized spacial score (nSPS) is 13.0. The summed E-state index contributed by atoms with van der Waals surface area (Å²) in [6.07, 6.45) is 0. The second-order valence-electron chi connectivity index (χ2n) is 18.1. The maximum absolute atomic E-state index is 5.46. The molecule has 14 rings (SSSR count). The Balaban J connectivity index is 1.02. The number of rotatable bonds is 6. The van der Waals surface area contributed by atoms with Gasteiger partial charge >= 0.3 is 0 Å². The second-order valence-corrected chi connectivity index (χ2v) is 18.1. The number of anilines is 3. The molecule has 4 heteroatoms. The lowest BCUT2D eigenvalue weighted by atomic mass is 9.64. The summed E-state index contributed by atoms with van der Waals surface area (Å²) in [4.78, 5) is 13.1. The van der Waals surface area contributed by atoms with Crippen molar-refractivity contribution in [3.05, 3.63) is 277 Å². The number of hydrogen-bond acceptors (Lipinski definition) is 3. The Bertz CT molecular complexity index is 3790. The van der Waals surface area contributed by atoms with Crippen LogP contribution in [0.4, 0.5) is 17.1 Å². The topological polar surface area (TPSA) is 34.0 Å². The largest absolute Gasteiger partial charge is 0.310 e. The van der Waals surface area contributed by atoms with Gasteiger partial charge in [0.05, 0.1) is 39.2 Å². The first kappa shape index (κ1) is 39.1. The minimum absolute atomic E-state index is 0.643. The molecule has 0 bridgehead atoms. The van der Waals surface area contributed by atoms with Gasteiger partial charge in [-0.1, -0.05) is 194 Å². The molecule has 0 saturated heterocycles. The molecule has 0 amide bonds. The van der Waals surface area contributed by atoms with E-state index >= 15 is 0 Å². The van der Waals surface area contributed by atoms with Gasteiger partial charge in [0.2, 0.25) is 0 Å². The van der Waals surface area contributed by atoms with Crippen molar-refractivity contribution in [1.82, 2.24) is 14.5 Å². The van der Waals surface area contributed by atoms with Crippen LogP contribution in [0.25, 0.3) is 83.6 Å². The van der Waals surface area contributed by atoms with Crippen molar-refractivity contribution in [2.45, 2.75) is 5.41 Å². The van der Waals surface area contributed by atoms with Gasteiger partial charge in [-0.25, -0.2) is 9.97 Å². The Morgan fingerprint density at radius 3 is 1.52 bits per heavy atom. The lowest BCUT2D eigenvalue weighted by Gasteiger charge is -2.45. The standard InChI is InChI=1S/C65H42N4/c1-4-19-44(20-5-1)57-42-58(67-64(66-57)45-21-6-2-7-22-45)51-27-18-30-56-63(51)52-41-46(43-35-38-48(39-36-43)68-59-31-14-10-25-49(59)50-26-11-15-32-60(50)68)37-40-53(52)65(56)54-28-12-16-33-61(54)69(47-23-8-3-9-24-47)62-34-17-13-29-55(62)65/h1-42H. The van der Waals surface area contributed by atoms with Gasteiger partial charge < -0.3 is 9.47 Å². The third kappa shape index (κ3) is 5.89. The molecular weight excluding hydrogens is 837 g/mol. The highest BCUT2D eigenvalue weighted by Crippen LogP contribution is 2.65. The average molecular weight is 879 g/mol. The zero-order valence-corrected chi connectivity index (χ0v) is 37.5. The number of para-hydroxylation sites is 5. The van der Waals surface area contributed by atoms with E-state index in [9.17, 15) is 0 Å². The van der Waals surface area contributed by atoms with Crippen molar-refractivity contribution in [2.24, 2.45) is 0 Å². The molecule has 2 aromatic heterocycles. The lowest BCUT2D eigenvalue weighted by Crippen LogP contribution is -2.36. The number of hydrogen-bond donors (Lipinski definition) is 0. The van der Waals surface area contributed by atoms with Gasteiger partial charge in [0.25, 0.3) is 0 Å². The highest BCUT2D eigenvalue weighted by atomic mass is 15.2. The molecule has 0 saturated carbocycles. The van der Waals surface area contributed by atoms with Crippen LogP contribution < -0.4 is 4.90 Å². The molecule has 69 heavy (non-hydrogen) atoms. The highest BCUT2D eigenvalue weighted by molar-refractivity contribution is 6.09. The Labute approximate surface area is 400 Å². The molecule has 10 aromatic carbocycles. The van der Waals surface area contributed by atoms with Crippen molar-refractivity contribution in [1.29, 1.82) is 0 Å². The summed E-state index contributed by atoms with van der Waals surface area (Å²) < 4.78 is 2.38. The summed E-state index contributed by atoms with van der Waals surface area (Å²) in [5.41, 5.74) is 20.9. The van der Waals surface area contributed by atoms with Crippen molar-refractivity contribution in [2.75, 3.05) is 4.90 Å². The molecule has 0 fully saturated rings. The van der Waals surface area contributed by atoms with Crippen LogP contribution in [0.15, 0.2) is 255 Å². The van der Waals surface area contributed by atoms with Gasteiger partial charge in [-0.3, -0.25) is 0 Å². The fraction of sp³-hybridized carbons (Fsp3) is 0.0154. The zero-order valence-electron chi connectivity index (χ0n) is 37.5. The first-order chi connectivity index (χ1) is 34.2. The summed E-state index contributed by atoms with van der Waals surface area (Å²) in [7, 11) is 0. The fourth-order valence-electron chi connectivity index (χ4n) is 11.5. The third-order valence-corrected chi connectivity index (χ3v) is 14.4. The van der Waals surface area contributed by atoms with Crippen molar-refractivity contribution in [3.8, 4) is 61.8 Å². The molecule has 0 atom stereocenters. The summed E-state index contributed by atoms with van der Waals surface area (Å²) >= 11 is 0. The fourth-order valence-corrected chi connectivity index (χ4v) is 11.5. The summed E-state index contributed by atoms with van der Waals surface area (Å²) in [6, 6.07) is 92.3. The maximum atomic E-state index is 5.46. The monoisotopic (exact) mass is 878 g/mol. The second kappa shape index (κ2) is 15.5. The minimum Gasteiger partial charge on any atom is -0.310 e. The molecule has 1 spiro atoms. The van der Waals surface area contributed by atoms with E-state index in [1.54, 1.807) is 0 Å². The Kier molecular flexibility index (Phi) is 8.77. The molecule has 1 aliphatic carbocycles. The average Bonchev–Trinajstić information content (AvgIpc) is 3.92. The van der Waals surface area contributed by atoms with Crippen LogP contribution in [0.2, 0.25) is 0 Å². The van der Waals surface area contributed by atoms with Crippen LogP contribution in [-0.2, 0) is 5.41 Å². The summed E-state index contributed by atoms with van der Waals surface area (Å²) in [6.45, 7) is 0. The number of aromatic nitrogens is 3. The molecule has 0 N–H and O–H groups in total. The summed E-state index contributed by atoms with van der Waals surface area (Å²) in [5, 5.41) is 2.51. The lowest BCUT2D eigenvalue weighted by molar-refractivity contribution is 0.753. The highest BCUT2D eigenvalue weighted by Gasteiger charge is 2.52. The molecule has 12 aromatic rings. The SMILES string of the molecule is c1ccc(-c2cc(-c3cccc4c3-c3cc(-c5ccc(-n6c7ccccc7c7ccccc76)cc5)ccc3C43c4ccccc4N(c4ccccc4)c4ccccc43)nc(-c3ccccc3)n2)cc1. The Hall–Kier alpha value is -9.12. The van der Waals surface area contributed by atoms with Crippen molar-refractivity contribution in [3.63, 3.8) is 0 Å². The van der Waals surface area contributed by atoms with Gasteiger partial charge in [0.15, 0.2) is 5.82 Å². The summed E-state index contributed by atoms with van der Waals surface area (Å²) in [5.74, 6) is 0.696. The minimum atomic E-state index is -0.643. The van der Waals surface area contributed by atoms with E-state index in [0.29, 0.717) is 5.82 Å². The predicted octanol–water partition coefficient (Wildman–Crippen LogP) is 16.4. The van der Waals surface area contributed by atoms with Crippen molar-refractivity contribution < 1.29 is 0 Å². The van der Waals surface area contributed by atoms with Gasteiger partial charge in [-0.2, -0.15) is 0 Å². The Morgan fingerprint density at radius 2 is 0.855 bits per heavy atom. The van der Waals surface area contributed by atoms with E-state index in [1.807, 2.05) is 6.07 Å². The molecule has 322 valence electrons. The van der Waals surface area contributed by atoms with E-state index in [2.05, 4.69) is 258 Å². The molecule has 3 heterocycles. The molecule has 1 aliphatic heterocycles. The Morgan fingerprint density at radius 1 is 0.319 bits per heavy atom. The van der Waals surface area contributed by atoms with Crippen LogP contribution in [0.1, 0.15) is 22.3 Å². The molecule has 0 unspecified atom stereocenters. The van der Waals surface area contributed by atoms with E-state index < -0.39 is 5.41 Å². The van der Waals surface area contributed by atoms with Crippen LogP contribution in [-0.4, -0.2) is 14.5 Å². The first-order valence-electron chi connectivity index (χ1n) is 23.7.